The first kappa shape index (κ1) is 28.4. The molecule has 202 valence electrons. The van der Waals surface area contributed by atoms with Crippen molar-refractivity contribution in [1.29, 1.82) is 5.26 Å². The van der Waals surface area contributed by atoms with Crippen molar-refractivity contribution >= 4 is 11.6 Å². The van der Waals surface area contributed by atoms with Gasteiger partial charge in [-0.05, 0) is 12.1 Å². The van der Waals surface area contributed by atoms with Crippen LogP contribution in [0.25, 0.3) is 0 Å². The molecule has 0 aliphatic heterocycles. The SMILES string of the molecule is COc1c(C#N)cc(C(F)F)cc1Oc1c(C(F)(F)F)ncn(Cc2cc(Cl)c(OCCO)c[n+]2[O-])c1=O. The fourth-order valence-corrected chi connectivity index (χ4v) is 3.42. The molecule has 2 heterocycles. The number of nitriles is 1. The molecule has 2 aromatic heterocycles. The van der Waals surface area contributed by atoms with Gasteiger partial charge in [-0.2, -0.15) is 23.2 Å². The lowest BCUT2D eigenvalue weighted by molar-refractivity contribution is -0.614. The van der Waals surface area contributed by atoms with Crippen LogP contribution in [0.1, 0.15) is 28.9 Å². The van der Waals surface area contributed by atoms with Gasteiger partial charge in [-0.15, -0.1) is 0 Å². The predicted octanol–water partition coefficient (Wildman–Crippen LogP) is 3.58. The molecule has 0 saturated carbocycles. The number of hydrogen-bond donors (Lipinski definition) is 1. The zero-order chi connectivity index (χ0) is 28.2. The van der Waals surface area contributed by atoms with Crippen molar-refractivity contribution in [3.63, 3.8) is 0 Å². The maximum absolute atomic E-state index is 13.7. The fraction of sp³-hybridized carbons (Fsp3) is 0.273. The first-order chi connectivity index (χ1) is 17.9. The van der Waals surface area contributed by atoms with Crippen LogP contribution < -0.4 is 24.5 Å². The number of aliphatic hydroxyl groups is 1. The average Bonchev–Trinajstić information content (AvgIpc) is 2.86. The highest BCUT2D eigenvalue weighted by molar-refractivity contribution is 6.32. The second-order valence-corrected chi connectivity index (χ2v) is 7.75. The molecule has 0 radical (unpaired) electrons. The minimum Gasteiger partial charge on any atom is -0.618 e. The van der Waals surface area contributed by atoms with E-state index in [4.69, 9.17) is 30.9 Å². The molecule has 1 aromatic carbocycles. The summed E-state index contributed by atoms with van der Waals surface area (Å²) in [7, 11) is 1.02. The first-order valence-electron chi connectivity index (χ1n) is 10.3. The van der Waals surface area contributed by atoms with E-state index in [1.807, 2.05) is 0 Å². The first-order valence-corrected chi connectivity index (χ1v) is 10.7. The van der Waals surface area contributed by atoms with Crippen molar-refractivity contribution in [2.45, 2.75) is 19.1 Å². The third kappa shape index (κ3) is 6.03. The van der Waals surface area contributed by atoms with Gasteiger partial charge in [0.2, 0.25) is 23.4 Å². The number of aliphatic hydroxyl groups excluding tert-OH is 1. The lowest BCUT2D eigenvalue weighted by Gasteiger charge is -2.17. The van der Waals surface area contributed by atoms with Crippen molar-refractivity contribution in [2.75, 3.05) is 20.3 Å². The van der Waals surface area contributed by atoms with E-state index < -0.39 is 58.8 Å². The third-order valence-corrected chi connectivity index (χ3v) is 5.15. The quantitative estimate of drug-likeness (QED) is 0.238. The van der Waals surface area contributed by atoms with E-state index in [0.717, 1.165) is 25.4 Å². The summed E-state index contributed by atoms with van der Waals surface area (Å²) in [6.45, 7) is -1.18. The van der Waals surface area contributed by atoms with Gasteiger partial charge in [0.25, 0.3) is 12.0 Å². The highest BCUT2D eigenvalue weighted by atomic mass is 35.5. The van der Waals surface area contributed by atoms with E-state index in [1.165, 1.54) is 0 Å². The molecule has 0 atom stereocenters. The molecule has 10 nitrogen and oxygen atoms in total. The van der Waals surface area contributed by atoms with Crippen LogP contribution in [-0.4, -0.2) is 35.0 Å². The molecule has 0 amide bonds. The Bertz CT molecular complexity index is 1440. The van der Waals surface area contributed by atoms with E-state index in [-0.39, 0.29) is 34.4 Å². The van der Waals surface area contributed by atoms with Crippen molar-refractivity contribution < 1.29 is 46.0 Å². The molecule has 16 heteroatoms. The van der Waals surface area contributed by atoms with Gasteiger partial charge in [-0.1, -0.05) is 11.6 Å². The van der Waals surface area contributed by atoms with Crippen LogP contribution in [0, 0.1) is 16.5 Å². The number of benzene rings is 1. The van der Waals surface area contributed by atoms with Crippen LogP contribution in [0.4, 0.5) is 22.0 Å². The smallest absolute Gasteiger partial charge is 0.437 e. The Kier molecular flexibility index (Phi) is 8.59. The highest BCUT2D eigenvalue weighted by Gasteiger charge is 2.39. The van der Waals surface area contributed by atoms with E-state index in [9.17, 15) is 37.2 Å². The predicted molar refractivity (Wildman–Crippen MR) is 118 cm³/mol. The van der Waals surface area contributed by atoms with E-state index in [0.29, 0.717) is 17.0 Å². The van der Waals surface area contributed by atoms with Gasteiger partial charge in [-0.25, -0.2) is 13.8 Å². The number of pyridine rings is 1. The van der Waals surface area contributed by atoms with Crippen molar-refractivity contribution in [3.05, 3.63) is 73.8 Å². The molecule has 0 saturated heterocycles. The largest absolute Gasteiger partial charge is 0.618 e. The Morgan fingerprint density at radius 2 is 1.97 bits per heavy atom. The fourth-order valence-electron chi connectivity index (χ4n) is 3.19. The Balaban J connectivity index is 2.14. The van der Waals surface area contributed by atoms with Crippen LogP contribution in [0.5, 0.6) is 23.0 Å². The van der Waals surface area contributed by atoms with Crippen LogP contribution in [0.15, 0.2) is 35.5 Å². The zero-order valence-corrected chi connectivity index (χ0v) is 19.9. The van der Waals surface area contributed by atoms with Crippen molar-refractivity contribution in [2.24, 2.45) is 0 Å². The van der Waals surface area contributed by atoms with Gasteiger partial charge < -0.3 is 24.5 Å². The summed E-state index contributed by atoms with van der Waals surface area (Å²) in [5.74, 6) is -2.78. The maximum atomic E-state index is 13.7. The number of ether oxygens (including phenoxy) is 3. The second kappa shape index (κ2) is 11.5. The van der Waals surface area contributed by atoms with Gasteiger partial charge in [0.05, 0.1) is 30.6 Å². The van der Waals surface area contributed by atoms with Crippen molar-refractivity contribution in [3.8, 4) is 29.1 Å². The lowest BCUT2D eigenvalue weighted by Crippen LogP contribution is -2.35. The van der Waals surface area contributed by atoms with Crippen LogP contribution in [0.3, 0.4) is 0 Å². The standard InChI is InChI=1S/C22H16ClF5N4O6/c1-36-17-12(7-29)4-11(20(24)25)5-15(17)38-18-19(22(26,27)28)30-10-31(21(18)34)8-13-6-14(23)16(9-32(13)35)37-3-2-33/h4-6,9-10,20,33H,2-3,8H2,1H3. The van der Waals surface area contributed by atoms with Gasteiger partial charge in [0, 0.05) is 11.6 Å². The molecule has 0 unspecified atom stereocenters. The molecule has 0 fully saturated rings. The molecular formula is C22H16ClF5N4O6. The van der Waals surface area contributed by atoms with E-state index in [1.54, 1.807) is 6.07 Å². The number of methoxy groups -OCH3 is 1. The zero-order valence-electron chi connectivity index (χ0n) is 19.1. The summed E-state index contributed by atoms with van der Waals surface area (Å²) in [6, 6.07) is 4.03. The molecule has 0 aliphatic rings. The Morgan fingerprint density at radius 3 is 2.55 bits per heavy atom. The molecule has 0 bridgehead atoms. The van der Waals surface area contributed by atoms with Gasteiger partial charge in [0.1, 0.15) is 19.2 Å². The Labute approximate surface area is 215 Å². The normalized spacial score (nSPS) is 11.4. The van der Waals surface area contributed by atoms with E-state index in [2.05, 4.69) is 4.98 Å². The van der Waals surface area contributed by atoms with Crippen LogP contribution >= 0.6 is 11.6 Å². The Hall–Kier alpha value is -4.16. The summed E-state index contributed by atoms with van der Waals surface area (Å²) in [4.78, 5) is 16.3. The summed E-state index contributed by atoms with van der Waals surface area (Å²) in [5, 5.41) is 30.4. The number of hydrogen-bond acceptors (Lipinski definition) is 8. The monoisotopic (exact) mass is 562 g/mol. The second-order valence-electron chi connectivity index (χ2n) is 7.34. The minimum atomic E-state index is -5.22. The number of alkyl halides is 5. The topological polar surface area (TPSA) is 134 Å². The number of halogens is 6. The van der Waals surface area contributed by atoms with Crippen molar-refractivity contribution in [1.82, 2.24) is 9.55 Å². The van der Waals surface area contributed by atoms with Crippen LogP contribution in [0.2, 0.25) is 5.02 Å². The minimum absolute atomic E-state index is 0.0949. The molecule has 0 aliphatic carbocycles. The molecule has 38 heavy (non-hydrogen) atoms. The van der Waals surface area contributed by atoms with Gasteiger partial charge in [-0.3, -0.25) is 9.36 Å². The lowest BCUT2D eigenvalue weighted by atomic mass is 10.1. The van der Waals surface area contributed by atoms with Gasteiger partial charge in [0.15, 0.2) is 17.2 Å². The highest BCUT2D eigenvalue weighted by Crippen LogP contribution is 2.40. The maximum Gasteiger partial charge on any atom is 0.437 e. The summed E-state index contributed by atoms with van der Waals surface area (Å²) in [6.07, 6.45) is -6.95. The summed E-state index contributed by atoms with van der Waals surface area (Å²) >= 11 is 6.03. The van der Waals surface area contributed by atoms with Gasteiger partial charge >= 0.3 is 6.18 Å². The molecule has 3 aromatic rings. The molecule has 3 rings (SSSR count). The Morgan fingerprint density at radius 1 is 1.26 bits per heavy atom. The third-order valence-electron chi connectivity index (χ3n) is 4.86. The number of aromatic nitrogens is 3. The molecular weight excluding hydrogens is 547 g/mol. The van der Waals surface area contributed by atoms with Crippen LogP contribution in [-0.2, 0) is 12.7 Å². The molecule has 0 spiro atoms. The summed E-state index contributed by atoms with van der Waals surface area (Å²) < 4.78 is 83.7. The molecule has 1 N–H and O–H groups in total. The number of nitrogens with zero attached hydrogens (tertiary/aromatic N) is 4. The summed E-state index contributed by atoms with van der Waals surface area (Å²) in [5.41, 5.74) is -4.70. The van der Waals surface area contributed by atoms with E-state index >= 15 is 0 Å². The average molecular weight is 563 g/mol. The number of rotatable bonds is 9.